The van der Waals surface area contributed by atoms with Gasteiger partial charge in [-0.25, -0.2) is 0 Å². The van der Waals surface area contributed by atoms with Crippen LogP contribution in [0, 0.1) is 13.8 Å². The first-order valence-electron chi connectivity index (χ1n) is 5.93. The number of H-pyrrole nitrogens is 1. The fourth-order valence-corrected chi connectivity index (χ4v) is 1.79. The van der Waals surface area contributed by atoms with Crippen LogP contribution in [-0.4, -0.2) is 25.9 Å². The molecule has 2 aromatic rings. The van der Waals surface area contributed by atoms with E-state index in [0.29, 0.717) is 18.8 Å². The maximum atomic E-state index is 12.0. The number of aryl methyl sites for hydroxylation is 3. The SMILES string of the molecule is CCn1nc(C)cc1C(=O)NCc1cn[nH]c1C. The third-order valence-electron chi connectivity index (χ3n) is 2.81. The quantitative estimate of drug-likeness (QED) is 0.851. The molecule has 0 saturated carbocycles. The second-order valence-corrected chi connectivity index (χ2v) is 4.19. The van der Waals surface area contributed by atoms with Gasteiger partial charge in [0.05, 0.1) is 11.9 Å². The number of aromatic amines is 1. The zero-order valence-electron chi connectivity index (χ0n) is 10.8. The molecule has 0 aliphatic heterocycles. The smallest absolute Gasteiger partial charge is 0.269 e. The van der Waals surface area contributed by atoms with Crippen molar-refractivity contribution in [3.8, 4) is 0 Å². The van der Waals surface area contributed by atoms with Crippen molar-refractivity contribution in [1.29, 1.82) is 0 Å². The van der Waals surface area contributed by atoms with E-state index in [4.69, 9.17) is 0 Å². The van der Waals surface area contributed by atoms with Crippen LogP contribution in [-0.2, 0) is 13.1 Å². The molecule has 2 rings (SSSR count). The third-order valence-corrected chi connectivity index (χ3v) is 2.81. The Labute approximate surface area is 105 Å². The van der Waals surface area contributed by atoms with E-state index in [1.165, 1.54) is 0 Å². The van der Waals surface area contributed by atoms with Gasteiger partial charge in [-0.3, -0.25) is 14.6 Å². The van der Waals surface area contributed by atoms with Crippen LogP contribution in [0.5, 0.6) is 0 Å². The van der Waals surface area contributed by atoms with Crippen molar-refractivity contribution < 1.29 is 4.79 Å². The number of aromatic nitrogens is 4. The van der Waals surface area contributed by atoms with Gasteiger partial charge in [0.15, 0.2) is 0 Å². The van der Waals surface area contributed by atoms with Crippen molar-refractivity contribution in [3.05, 3.63) is 34.9 Å². The van der Waals surface area contributed by atoms with Crippen LogP contribution in [0.3, 0.4) is 0 Å². The van der Waals surface area contributed by atoms with E-state index < -0.39 is 0 Å². The molecule has 0 saturated heterocycles. The first kappa shape index (κ1) is 12.3. The fourth-order valence-electron chi connectivity index (χ4n) is 1.79. The Morgan fingerprint density at radius 3 is 2.89 bits per heavy atom. The molecule has 0 aromatic carbocycles. The van der Waals surface area contributed by atoms with Crippen LogP contribution in [0.1, 0.15) is 34.4 Å². The summed E-state index contributed by atoms with van der Waals surface area (Å²) >= 11 is 0. The lowest BCUT2D eigenvalue weighted by molar-refractivity contribution is 0.0940. The number of nitrogens with zero attached hydrogens (tertiary/aromatic N) is 3. The summed E-state index contributed by atoms with van der Waals surface area (Å²) in [5.41, 5.74) is 3.40. The zero-order valence-corrected chi connectivity index (χ0v) is 10.8. The van der Waals surface area contributed by atoms with Crippen molar-refractivity contribution in [2.75, 3.05) is 0 Å². The minimum Gasteiger partial charge on any atom is -0.347 e. The number of hydrogen-bond donors (Lipinski definition) is 2. The van der Waals surface area contributed by atoms with Gasteiger partial charge in [0.1, 0.15) is 5.69 Å². The van der Waals surface area contributed by atoms with Crippen LogP contribution in [0.25, 0.3) is 0 Å². The maximum absolute atomic E-state index is 12.0. The highest BCUT2D eigenvalue weighted by atomic mass is 16.2. The molecule has 1 amide bonds. The maximum Gasteiger partial charge on any atom is 0.269 e. The number of hydrogen-bond acceptors (Lipinski definition) is 3. The summed E-state index contributed by atoms with van der Waals surface area (Å²) in [4.78, 5) is 12.0. The molecule has 0 fully saturated rings. The summed E-state index contributed by atoms with van der Waals surface area (Å²) < 4.78 is 1.70. The first-order chi connectivity index (χ1) is 8.61. The molecular weight excluding hydrogens is 230 g/mol. The standard InChI is InChI=1S/C12H17N5O/c1-4-17-11(5-8(2)16-17)12(18)13-6-10-7-14-15-9(10)3/h5,7H,4,6H2,1-3H3,(H,13,18)(H,14,15). The molecular formula is C12H17N5O. The lowest BCUT2D eigenvalue weighted by atomic mass is 10.2. The molecule has 0 bridgehead atoms. The molecule has 0 atom stereocenters. The lowest BCUT2D eigenvalue weighted by Gasteiger charge is -2.05. The Morgan fingerprint density at radius 2 is 2.28 bits per heavy atom. The fraction of sp³-hybridized carbons (Fsp3) is 0.417. The zero-order chi connectivity index (χ0) is 13.1. The van der Waals surface area contributed by atoms with Crippen LogP contribution >= 0.6 is 0 Å². The van der Waals surface area contributed by atoms with E-state index >= 15 is 0 Å². The number of rotatable bonds is 4. The normalized spacial score (nSPS) is 10.6. The number of carbonyl (C=O) groups excluding carboxylic acids is 1. The first-order valence-corrected chi connectivity index (χ1v) is 5.93. The van der Waals surface area contributed by atoms with E-state index in [-0.39, 0.29) is 5.91 Å². The molecule has 2 N–H and O–H groups in total. The highest BCUT2D eigenvalue weighted by Gasteiger charge is 2.13. The van der Waals surface area contributed by atoms with Crippen LogP contribution in [0.2, 0.25) is 0 Å². The van der Waals surface area contributed by atoms with Gasteiger partial charge in [-0.15, -0.1) is 0 Å². The van der Waals surface area contributed by atoms with Crippen molar-refractivity contribution in [2.24, 2.45) is 0 Å². The van der Waals surface area contributed by atoms with Crippen molar-refractivity contribution in [1.82, 2.24) is 25.3 Å². The molecule has 0 unspecified atom stereocenters. The summed E-state index contributed by atoms with van der Waals surface area (Å²) in [5.74, 6) is -0.113. The largest absolute Gasteiger partial charge is 0.347 e. The Kier molecular flexibility index (Phi) is 3.45. The molecule has 0 radical (unpaired) electrons. The van der Waals surface area contributed by atoms with Gasteiger partial charge in [0.2, 0.25) is 0 Å². The molecule has 2 heterocycles. The molecule has 6 nitrogen and oxygen atoms in total. The third kappa shape index (κ3) is 2.42. The van der Waals surface area contributed by atoms with Crippen LogP contribution < -0.4 is 5.32 Å². The van der Waals surface area contributed by atoms with Gasteiger partial charge in [-0.2, -0.15) is 10.2 Å². The van der Waals surface area contributed by atoms with E-state index in [2.05, 4.69) is 20.6 Å². The number of carbonyl (C=O) groups is 1. The predicted molar refractivity (Wildman–Crippen MR) is 67.1 cm³/mol. The second-order valence-electron chi connectivity index (χ2n) is 4.19. The minimum atomic E-state index is -0.113. The van der Waals surface area contributed by atoms with Gasteiger partial charge in [-0.05, 0) is 26.8 Å². The van der Waals surface area contributed by atoms with Crippen molar-refractivity contribution in [3.63, 3.8) is 0 Å². The van der Waals surface area contributed by atoms with Gasteiger partial charge < -0.3 is 5.32 Å². The van der Waals surface area contributed by atoms with E-state index in [1.54, 1.807) is 16.9 Å². The van der Waals surface area contributed by atoms with Crippen LogP contribution in [0.15, 0.2) is 12.3 Å². The summed E-state index contributed by atoms with van der Waals surface area (Å²) in [5, 5.41) is 13.9. The number of amides is 1. The average Bonchev–Trinajstić information content (AvgIpc) is 2.92. The van der Waals surface area contributed by atoms with E-state index in [0.717, 1.165) is 17.0 Å². The molecule has 0 spiro atoms. The predicted octanol–water partition coefficient (Wildman–Crippen LogP) is 1.17. The summed E-state index contributed by atoms with van der Waals surface area (Å²) in [7, 11) is 0. The highest BCUT2D eigenvalue weighted by Crippen LogP contribution is 2.06. The van der Waals surface area contributed by atoms with Gasteiger partial charge in [0.25, 0.3) is 5.91 Å². The van der Waals surface area contributed by atoms with E-state index in [9.17, 15) is 4.79 Å². The molecule has 6 heteroatoms. The Bertz CT molecular complexity index is 555. The summed E-state index contributed by atoms with van der Waals surface area (Å²) in [6.07, 6.45) is 1.72. The summed E-state index contributed by atoms with van der Waals surface area (Å²) in [6, 6.07) is 1.79. The Hall–Kier alpha value is -2.11. The van der Waals surface area contributed by atoms with Gasteiger partial charge >= 0.3 is 0 Å². The molecule has 0 aliphatic carbocycles. The summed E-state index contributed by atoms with van der Waals surface area (Å²) in [6.45, 7) is 6.91. The van der Waals surface area contributed by atoms with Crippen molar-refractivity contribution >= 4 is 5.91 Å². The lowest BCUT2D eigenvalue weighted by Crippen LogP contribution is -2.25. The minimum absolute atomic E-state index is 0.113. The molecule has 0 aliphatic rings. The number of nitrogens with one attached hydrogen (secondary N) is 2. The van der Waals surface area contributed by atoms with Gasteiger partial charge in [0, 0.05) is 24.3 Å². The molecule has 96 valence electrons. The second kappa shape index (κ2) is 5.03. The topological polar surface area (TPSA) is 75.6 Å². The monoisotopic (exact) mass is 247 g/mol. The molecule has 2 aromatic heterocycles. The van der Waals surface area contributed by atoms with E-state index in [1.807, 2.05) is 20.8 Å². The highest BCUT2D eigenvalue weighted by molar-refractivity contribution is 5.92. The van der Waals surface area contributed by atoms with Crippen molar-refractivity contribution in [2.45, 2.75) is 33.9 Å². The average molecular weight is 247 g/mol. The van der Waals surface area contributed by atoms with Gasteiger partial charge in [-0.1, -0.05) is 0 Å². The Balaban J connectivity index is 2.06. The van der Waals surface area contributed by atoms with Crippen LogP contribution in [0.4, 0.5) is 0 Å². The Morgan fingerprint density at radius 1 is 1.50 bits per heavy atom. The molecule has 18 heavy (non-hydrogen) atoms.